The smallest absolute Gasteiger partial charge is 0.306 e. The molecule has 15 heavy (non-hydrogen) atoms. The van der Waals surface area contributed by atoms with Crippen molar-refractivity contribution in [3.8, 4) is 0 Å². The van der Waals surface area contributed by atoms with E-state index in [1.54, 1.807) is 13.0 Å². The SMILES string of the molecule is COC(C)(CC(=O)O)c1cccc(F)c1. The Balaban J connectivity index is 3.05. The maximum absolute atomic E-state index is 13.0. The van der Waals surface area contributed by atoms with Crippen molar-refractivity contribution in [3.63, 3.8) is 0 Å². The summed E-state index contributed by atoms with van der Waals surface area (Å²) < 4.78 is 18.1. The molecule has 1 unspecified atom stereocenters. The molecule has 0 saturated carbocycles. The van der Waals surface area contributed by atoms with Gasteiger partial charge >= 0.3 is 5.97 Å². The maximum atomic E-state index is 13.0. The van der Waals surface area contributed by atoms with Crippen LogP contribution in [0.3, 0.4) is 0 Å². The van der Waals surface area contributed by atoms with Gasteiger partial charge in [0.1, 0.15) is 11.4 Å². The number of carboxylic acids is 1. The molecule has 4 heteroatoms. The number of hydrogen-bond donors (Lipinski definition) is 1. The first kappa shape index (κ1) is 11.7. The van der Waals surface area contributed by atoms with Crippen molar-refractivity contribution in [2.24, 2.45) is 0 Å². The molecule has 82 valence electrons. The van der Waals surface area contributed by atoms with Crippen molar-refractivity contribution in [3.05, 3.63) is 35.6 Å². The average Bonchev–Trinajstić information content (AvgIpc) is 2.16. The Morgan fingerprint density at radius 1 is 1.60 bits per heavy atom. The first-order chi connectivity index (χ1) is 6.98. The minimum absolute atomic E-state index is 0.201. The van der Waals surface area contributed by atoms with E-state index in [1.165, 1.54) is 25.3 Å². The lowest BCUT2D eigenvalue weighted by Crippen LogP contribution is -2.27. The third kappa shape index (κ3) is 2.76. The van der Waals surface area contributed by atoms with Gasteiger partial charge in [0, 0.05) is 7.11 Å². The molecule has 3 nitrogen and oxygen atoms in total. The zero-order chi connectivity index (χ0) is 11.5. The number of carbonyl (C=O) groups is 1. The van der Waals surface area contributed by atoms with Crippen LogP contribution < -0.4 is 0 Å². The number of halogens is 1. The Morgan fingerprint density at radius 2 is 2.27 bits per heavy atom. The lowest BCUT2D eigenvalue weighted by Gasteiger charge is -2.26. The van der Waals surface area contributed by atoms with Crippen molar-refractivity contribution in [2.75, 3.05) is 7.11 Å². The van der Waals surface area contributed by atoms with Gasteiger partial charge in [0.15, 0.2) is 0 Å². The van der Waals surface area contributed by atoms with E-state index in [1.807, 2.05) is 0 Å². The largest absolute Gasteiger partial charge is 0.481 e. The highest BCUT2D eigenvalue weighted by atomic mass is 19.1. The van der Waals surface area contributed by atoms with E-state index in [9.17, 15) is 9.18 Å². The van der Waals surface area contributed by atoms with Crippen molar-refractivity contribution < 1.29 is 19.0 Å². The zero-order valence-corrected chi connectivity index (χ0v) is 8.66. The minimum atomic E-state index is -0.992. The summed E-state index contributed by atoms with van der Waals surface area (Å²) in [6.45, 7) is 1.62. The molecule has 0 fully saturated rings. The van der Waals surface area contributed by atoms with Crippen molar-refractivity contribution in [2.45, 2.75) is 18.9 Å². The van der Waals surface area contributed by atoms with Gasteiger partial charge < -0.3 is 9.84 Å². The van der Waals surface area contributed by atoms with Gasteiger partial charge in [-0.15, -0.1) is 0 Å². The predicted molar refractivity (Wildman–Crippen MR) is 53.0 cm³/mol. The van der Waals surface area contributed by atoms with Crippen LogP contribution in [0.2, 0.25) is 0 Å². The highest BCUT2D eigenvalue weighted by molar-refractivity contribution is 5.68. The van der Waals surface area contributed by atoms with E-state index in [2.05, 4.69) is 0 Å². The summed E-state index contributed by atoms with van der Waals surface area (Å²) in [7, 11) is 1.41. The molecule has 0 aliphatic rings. The average molecular weight is 212 g/mol. The van der Waals surface area contributed by atoms with Gasteiger partial charge in [-0.05, 0) is 24.6 Å². The summed E-state index contributed by atoms with van der Waals surface area (Å²) in [5, 5.41) is 8.74. The Labute approximate surface area is 87.5 Å². The second-order valence-corrected chi connectivity index (χ2v) is 3.52. The Hall–Kier alpha value is -1.42. The van der Waals surface area contributed by atoms with Crippen LogP contribution >= 0.6 is 0 Å². The van der Waals surface area contributed by atoms with Gasteiger partial charge in [0.25, 0.3) is 0 Å². The normalized spacial score (nSPS) is 14.6. The van der Waals surface area contributed by atoms with Crippen molar-refractivity contribution in [1.82, 2.24) is 0 Å². The summed E-state index contributed by atoms with van der Waals surface area (Å²) in [5.74, 6) is -1.38. The summed E-state index contributed by atoms with van der Waals surface area (Å²) in [4.78, 5) is 10.7. The van der Waals surface area contributed by atoms with E-state index >= 15 is 0 Å². The number of methoxy groups -OCH3 is 1. The van der Waals surface area contributed by atoms with E-state index in [-0.39, 0.29) is 6.42 Å². The topological polar surface area (TPSA) is 46.5 Å². The Morgan fingerprint density at radius 3 is 2.73 bits per heavy atom. The third-order valence-corrected chi connectivity index (χ3v) is 2.37. The van der Waals surface area contributed by atoms with Gasteiger partial charge in [0.2, 0.25) is 0 Å². The van der Waals surface area contributed by atoms with Crippen LogP contribution in [-0.2, 0) is 15.1 Å². The summed E-state index contributed by atoms with van der Waals surface area (Å²) in [6, 6.07) is 5.77. The first-order valence-electron chi connectivity index (χ1n) is 4.51. The van der Waals surface area contributed by atoms with E-state index < -0.39 is 17.4 Å². The van der Waals surface area contributed by atoms with Gasteiger partial charge in [0.05, 0.1) is 6.42 Å². The number of rotatable bonds is 4. The van der Waals surface area contributed by atoms with Crippen LogP contribution in [0, 0.1) is 5.82 Å². The highest BCUT2D eigenvalue weighted by Crippen LogP contribution is 2.28. The molecule has 1 rings (SSSR count). The highest BCUT2D eigenvalue weighted by Gasteiger charge is 2.29. The van der Waals surface area contributed by atoms with E-state index in [0.717, 1.165) is 0 Å². The van der Waals surface area contributed by atoms with Crippen LogP contribution in [0.5, 0.6) is 0 Å². The van der Waals surface area contributed by atoms with Gasteiger partial charge in [-0.2, -0.15) is 0 Å². The van der Waals surface area contributed by atoms with Gasteiger partial charge in [-0.25, -0.2) is 4.39 Å². The second-order valence-electron chi connectivity index (χ2n) is 3.52. The molecule has 0 bridgehead atoms. The standard InChI is InChI=1S/C11H13FO3/c1-11(15-2,7-10(13)14)8-4-3-5-9(12)6-8/h3-6H,7H2,1-2H3,(H,13,14). The summed E-state index contributed by atoms with van der Waals surface area (Å²) in [5.41, 5.74) is -0.471. The summed E-state index contributed by atoms with van der Waals surface area (Å²) >= 11 is 0. The number of benzene rings is 1. The molecule has 0 amide bonds. The first-order valence-corrected chi connectivity index (χ1v) is 4.51. The molecular weight excluding hydrogens is 199 g/mol. The quantitative estimate of drug-likeness (QED) is 0.831. The fourth-order valence-corrected chi connectivity index (χ4v) is 1.40. The zero-order valence-electron chi connectivity index (χ0n) is 8.66. The van der Waals surface area contributed by atoms with Crippen LogP contribution in [-0.4, -0.2) is 18.2 Å². The second kappa shape index (κ2) is 4.40. The molecule has 0 aliphatic heterocycles. The lowest BCUT2D eigenvalue weighted by molar-refractivity contribution is -0.143. The monoisotopic (exact) mass is 212 g/mol. The minimum Gasteiger partial charge on any atom is -0.481 e. The molecule has 0 spiro atoms. The van der Waals surface area contributed by atoms with Crippen LogP contribution in [0.15, 0.2) is 24.3 Å². The molecule has 0 radical (unpaired) electrons. The Bertz CT molecular complexity index is 365. The summed E-state index contributed by atoms with van der Waals surface area (Å²) in [6.07, 6.45) is -0.201. The fraction of sp³-hybridized carbons (Fsp3) is 0.364. The number of carboxylic acid groups (broad SMARTS) is 1. The molecule has 0 heterocycles. The molecule has 1 aromatic carbocycles. The van der Waals surface area contributed by atoms with Crippen LogP contribution in [0.1, 0.15) is 18.9 Å². The van der Waals surface area contributed by atoms with Crippen molar-refractivity contribution in [1.29, 1.82) is 0 Å². The molecule has 0 aliphatic carbocycles. The van der Waals surface area contributed by atoms with Gasteiger partial charge in [-0.3, -0.25) is 4.79 Å². The third-order valence-electron chi connectivity index (χ3n) is 2.37. The molecule has 1 N–H and O–H groups in total. The van der Waals surface area contributed by atoms with E-state index in [4.69, 9.17) is 9.84 Å². The molecule has 0 aromatic heterocycles. The molecule has 0 saturated heterocycles. The number of aliphatic carboxylic acids is 1. The fourth-order valence-electron chi connectivity index (χ4n) is 1.40. The van der Waals surface area contributed by atoms with Crippen molar-refractivity contribution >= 4 is 5.97 Å². The molecular formula is C11H13FO3. The lowest BCUT2D eigenvalue weighted by atomic mass is 9.92. The van der Waals surface area contributed by atoms with Gasteiger partial charge in [-0.1, -0.05) is 12.1 Å². The molecule has 1 aromatic rings. The van der Waals surface area contributed by atoms with Crippen LogP contribution in [0.25, 0.3) is 0 Å². The van der Waals surface area contributed by atoms with Crippen LogP contribution in [0.4, 0.5) is 4.39 Å². The maximum Gasteiger partial charge on any atom is 0.306 e. The predicted octanol–water partition coefficient (Wildman–Crippen LogP) is 2.16. The Kier molecular flexibility index (Phi) is 3.42. The molecule has 1 atom stereocenters. The number of ether oxygens (including phenoxy) is 1. The van der Waals surface area contributed by atoms with E-state index in [0.29, 0.717) is 5.56 Å². The number of hydrogen-bond acceptors (Lipinski definition) is 2.